The van der Waals surface area contributed by atoms with E-state index in [0.29, 0.717) is 11.2 Å². The van der Waals surface area contributed by atoms with Crippen LogP contribution in [0.5, 0.6) is 0 Å². The molecule has 0 saturated heterocycles. The van der Waals surface area contributed by atoms with Crippen LogP contribution in [0.15, 0.2) is 65.5 Å². The second kappa shape index (κ2) is 12.2. The summed E-state index contributed by atoms with van der Waals surface area (Å²) in [5, 5.41) is 0.507. The van der Waals surface area contributed by atoms with Gasteiger partial charge in [-0.15, -0.1) is 5.73 Å². The Hall–Kier alpha value is -1.21. The van der Waals surface area contributed by atoms with Crippen molar-refractivity contribution in [3.05, 3.63) is 65.5 Å². The van der Waals surface area contributed by atoms with Crippen molar-refractivity contribution in [2.75, 3.05) is 26.4 Å². The Balaban J connectivity index is 1.97. The van der Waals surface area contributed by atoms with Gasteiger partial charge in [0.05, 0.1) is 0 Å². The average molecular weight is 370 g/mol. The molecule has 0 amide bonds. The summed E-state index contributed by atoms with van der Waals surface area (Å²) in [7, 11) is 4.31. The number of allylic oxidation sites excluding steroid dienone is 8. The Morgan fingerprint density at radius 3 is 2.85 bits per heavy atom. The zero-order valence-electron chi connectivity index (χ0n) is 16.8. The number of rotatable bonds is 11. The van der Waals surface area contributed by atoms with Gasteiger partial charge in [0, 0.05) is 17.5 Å². The van der Waals surface area contributed by atoms with Crippen LogP contribution in [0, 0.1) is 5.92 Å². The topological polar surface area (TPSA) is 3.24 Å². The van der Waals surface area contributed by atoms with Gasteiger partial charge in [-0.05, 0) is 57.0 Å². The van der Waals surface area contributed by atoms with Crippen LogP contribution in [-0.4, -0.2) is 36.5 Å². The Morgan fingerprint density at radius 1 is 1.23 bits per heavy atom. The van der Waals surface area contributed by atoms with E-state index in [0.717, 1.165) is 18.7 Å². The lowest BCUT2D eigenvalue weighted by Crippen LogP contribution is -2.22. The zero-order valence-corrected chi connectivity index (χ0v) is 17.6. The first kappa shape index (κ1) is 21.1. The molecule has 0 fully saturated rings. The van der Waals surface area contributed by atoms with Crippen molar-refractivity contribution < 1.29 is 0 Å². The van der Waals surface area contributed by atoms with Gasteiger partial charge in [-0.2, -0.15) is 11.8 Å². The summed E-state index contributed by atoms with van der Waals surface area (Å²) in [6, 6.07) is 0. The van der Waals surface area contributed by atoms with Crippen molar-refractivity contribution in [1.82, 2.24) is 4.90 Å². The lowest BCUT2D eigenvalue weighted by Gasteiger charge is -2.27. The molecule has 0 spiro atoms. The first-order valence-electron chi connectivity index (χ1n) is 10.1. The van der Waals surface area contributed by atoms with E-state index in [1.807, 2.05) is 6.08 Å². The first-order chi connectivity index (χ1) is 12.7. The second-order valence-electron chi connectivity index (χ2n) is 7.47. The molecule has 1 nitrogen and oxygen atoms in total. The first-order valence-corrected chi connectivity index (χ1v) is 11.2. The van der Waals surface area contributed by atoms with Gasteiger partial charge in [0.2, 0.25) is 0 Å². The fourth-order valence-electron chi connectivity index (χ4n) is 3.32. The van der Waals surface area contributed by atoms with Crippen molar-refractivity contribution in [1.29, 1.82) is 0 Å². The third kappa shape index (κ3) is 7.58. The molecule has 0 aromatic carbocycles. The highest BCUT2D eigenvalue weighted by Crippen LogP contribution is 2.34. The van der Waals surface area contributed by atoms with Crippen LogP contribution in [0.2, 0.25) is 0 Å². The van der Waals surface area contributed by atoms with Gasteiger partial charge in [0.25, 0.3) is 0 Å². The minimum Gasteiger partial charge on any atom is -0.309 e. The normalized spacial score (nSPS) is 20.2. The minimum absolute atomic E-state index is 0.507. The van der Waals surface area contributed by atoms with E-state index in [1.165, 1.54) is 37.7 Å². The lowest BCUT2D eigenvalue weighted by molar-refractivity contribution is 0.437. The maximum atomic E-state index is 3.30. The molecule has 2 atom stereocenters. The van der Waals surface area contributed by atoms with Gasteiger partial charge in [-0.1, -0.05) is 68.2 Å². The van der Waals surface area contributed by atoms with Crippen LogP contribution in [0.3, 0.4) is 0 Å². The minimum atomic E-state index is 0.507. The van der Waals surface area contributed by atoms with Crippen molar-refractivity contribution >= 4 is 11.8 Å². The van der Waals surface area contributed by atoms with Crippen molar-refractivity contribution in [3.63, 3.8) is 0 Å². The molecule has 0 heterocycles. The molecule has 2 heteroatoms. The van der Waals surface area contributed by atoms with Crippen molar-refractivity contribution in [2.45, 2.75) is 50.7 Å². The Bertz CT molecular complexity index is 600. The van der Waals surface area contributed by atoms with Gasteiger partial charge in [0.15, 0.2) is 0 Å². The highest BCUT2D eigenvalue weighted by atomic mass is 32.2. The molecule has 0 N–H and O–H groups in total. The molecule has 2 aliphatic rings. The van der Waals surface area contributed by atoms with Gasteiger partial charge < -0.3 is 4.90 Å². The molecule has 0 aromatic heterocycles. The number of nitrogens with zero attached hydrogens (tertiary/aromatic N) is 1. The predicted octanol–water partition coefficient (Wildman–Crippen LogP) is 6.33. The summed E-state index contributed by atoms with van der Waals surface area (Å²) >= 11 is 2.09. The smallest absolute Gasteiger partial charge is 0.0369 e. The Labute approximate surface area is 165 Å². The standard InChI is InChI=1S/C24H35NS/c1-4-5-6-9-12-21-15-17-23(18-16-21)24(26-20-19-25(2)3)22-13-10-7-8-11-14-22/h7-8,10,13-17,23-24H,4-6,9,12,18-20H2,1-3H3. The number of hydrogen-bond acceptors (Lipinski definition) is 2. The van der Waals surface area contributed by atoms with Crippen LogP contribution < -0.4 is 0 Å². The largest absolute Gasteiger partial charge is 0.309 e. The van der Waals surface area contributed by atoms with Crippen LogP contribution in [0.4, 0.5) is 0 Å². The van der Waals surface area contributed by atoms with Gasteiger partial charge >= 0.3 is 0 Å². The van der Waals surface area contributed by atoms with Crippen molar-refractivity contribution in [2.24, 2.45) is 5.92 Å². The fourth-order valence-corrected chi connectivity index (χ4v) is 4.84. The molecule has 2 aliphatic carbocycles. The van der Waals surface area contributed by atoms with Gasteiger partial charge in [-0.25, -0.2) is 0 Å². The highest BCUT2D eigenvalue weighted by molar-refractivity contribution is 8.00. The number of unbranched alkanes of at least 4 members (excludes halogenated alkanes) is 3. The van der Waals surface area contributed by atoms with E-state index in [2.05, 4.69) is 85.9 Å². The maximum absolute atomic E-state index is 3.30. The molecule has 0 saturated carbocycles. The molecule has 142 valence electrons. The van der Waals surface area contributed by atoms with Crippen LogP contribution in [-0.2, 0) is 0 Å². The van der Waals surface area contributed by atoms with Crippen molar-refractivity contribution in [3.8, 4) is 0 Å². The average Bonchev–Trinajstić information content (AvgIpc) is 2.92. The summed E-state index contributed by atoms with van der Waals surface area (Å²) in [4.78, 5) is 2.27. The quantitative estimate of drug-likeness (QED) is 0.309. The van der Waals surface area contributed by atoms with E-state index in [9.17, 15) is 0 Å². The van der Waals surface area contributed by atoms with Gasteiger partial charge in [-0.3, -0.25) is 0 Å². The zero-order chi connectivity index (χ0) is 18.6. The predicted molar refractivity (Wildman–Crippen MR) is 119 cm³/mol. The summed E-state index contributed by atoms with van der Waals surface area (Å²) in [6.07, 6.45) is 25.8. The third-order valence-electron chi connectivity index (χ3n) is 4.92. The SMILES string of the molecule is CCCCCCC1=CCC(C(SCCN(C)C)C2=CC=CC=C=C2)C=C1. The molecular formula is C24H35NS. The van der Waals surface area contributed by atoms with Crippen LogP contribution in [0.25, 0.3) is 0 Å². The van der Waals surface area contributed by atoms with E-state index < -0.39 is 0 Å². The summed E-state index contributed by atoms with van der Waals surface area (Å²) in [6.45, 7) is 3.40. The summed E-state index contributed by atoms with van der Waals surface area (Å²) in [5.74, 6) is 1.74. The fraction of sp³-hybridized carbons (Fsp3) is 0.542. The maximum Gasteiger partial charge on any atom is 0.0369 e. The molecule has 0 aliphatic heterocycles. The molecule has 0 aromatic rings. The second-order valence-corrected chi connectivity index (χ2v) is 8.72. The van der Waals surface area contributed by atoms with E-state index in [-0.39, 0.29) is 0 Å². The molecule has 26 heavy (non-hydrogen) atoms. The molecular weight excluding hydrogens is 334 g/mol. The highest BCUT2D eigenvalue weighted by Gasteiger charge is 2.23. The number of thioether (sulfide) groups is 1. The molecule has 0 radical (unpaired) electrons. The Morgan fingerprint density at radius 2 is 2.12 bits per heavy atom. The molecule has 2 rings (SSSR count). The summed E-state index contributed by atoms with van der Waals surface area (Å²) < 4.78 is 0. The lowest BCUT2D eigenvalue weighted by atomic mass is 9.88. The molecule has 0 bridgehead atoms. The van der Waals surface area contributed by atoms with E-state index >= 15 is 0 Å². The third-order valence-corrected chi connectivity index (χ3v) is 6.32. The van der Waals surface area contributed by atoms with E-state index in [4.69, 9.17) is 0 Å². The molecule has 2 unspecified atom stereocenters. The van der Waals surface area contributed by atoms with E-state index in [1.54, 1.807) is 5.57 Å². The van der Waals surface area contributed by atoms with Crippen LogP contribution in [0.1, 0.15) is 45.4 Å². The number of hydrogen-bond donors (Lipinski definition) is 0. The van der Waals surface area contributed by atoms with Crippen LogP contribution >= 0.6 is 11.8 Å². The monoisotopic (exact) mass is 369 g/mol. The van der Waals surface area contributed by atoms with Gasteiger partial charge in [0.1, 0.15) is 0 Å². The summed E-state index contributed by atoms with van der Waals surface area (Å²) in [5.41, 5.74) is 6.23. The Kier molecular flexibility index (Phi) is 9.92.